The Morgan fingerprint density at radius 1 is 0.926 bits per heavy atom. The molecule has 0 N–H and O–H groups in total. The fraction of sp³-hybridized carbons (Fsp3) is 0.217. The number of hydrogen-bond donors (Lipinski definition) is 0. The Balaban J connectivity index is 1.67. The molecule has 0 fully saturated rings. The van der Waals surface area contributed by atoms with Crippen LogP contribution in [0.3, 0.4) is 0 Å². The number of halogens is 3. The molecule has 1 aliphatic carbocycles. The molecule has 138 valence electrons. The van der Waals surface area contributed by atoms with Crippen molar-refractivity contribution in [1.29, 1.82) is 0 Å². The van der Waals surface area contributed by atoms with Gasteiger partial charge in [0.05, 0.1) is 0 Å². The van der Waals surface area contributed by atoms with Crippen molar-refractivity contribution in [3.8, 4) is 28.0 Å². The molecule has 4 heteroatoms. The van der Waals surface area contributed by atoms with Gasteiger partial charge in [-0.15, -0.1) is 0 Å². The Kier molecular flexibility index (Phi) is 4.65. The SMILES string of the molecule is CCCc1ccc2c(c1)Cc1c-2ccc(-c2ccc(OC(F)F)cc2)c1F. The first-order chi connectivity index (χ1) is 13.1. The summed E-state index contributed by atoms with van der Waals surface area (Å²) in [5.41, 5.74) is 6.28. The minimum Gasteiger partial charge on any atom is -0.435 e. The van der Waals surface area contributed by atoms with Gasteiger partial charge in [-0.3, -0.25) is 0 Å². The molecule has 0 radical (unpaired) electrons. The number of aryl methyl sites for hydroxylation is 1. The molecule has 0 aromatic heterocycles. The molecule has 0 atom stereocenters. The molecule has 1 nitrogen and oxygen atoms in total. The average Bonchev–Trinajstić information content (AvgIpc) is 3.02. The van der Waals surface area contributed by atoms with E-state index in [1.54, 1.807) is 18.2 Å². The number of hydrogen-bond acceptors (Lipinski definition) is 1. The molecular weight excluding hydrogens is 349 g/mol. The van der Waals surface area contributed by atoms with Crippen LogP contribution in [0.25, 0.3) is 22.3 Å². The molecule has 3 aromatic carbocycles. The largest absolute Gasteiger partial charge is 0.435 e. The van der Waals surface area contributed by atoms with Crippen molar-refractivity contribution in [2.75, 3.05) is 0 Å². The van der Waals surface area contributed by atoms with Crippen LogP contribution in [0.1, 0.15) is 30.0 Å². The Morgan fingerprint density at radius 2 is 1.63 bits per heavy atom. The summed E-state index contributed by atoms with van der Waals surface area (Å²) in [5, 5.41) is 0. The van der Waals surface area contributed by atoms with E-state index in [1.165, 1.54) is 17.7 Å². The van der Waals surface area contributed by atoms with Gasteiger partial charge in [0.2, 0.25) is 0 Å². The van der Waals surface area contributed by atoms with Crippen molar-refractivity contribution in [2.45, 2.75) is 32.8 Å². The molecular formula is C23H19F3O. The molecule has 0 heterocycles. The predicted molar refractivity (Wildman–Crippen MR) is 101 cm³/mol. The summed E-state index contributed by atoms with van der Waals surface area (Å²) < 4.78 is 44.2. The topological polar surface area (TPSA) is 9.23 Å². The fourth-order valence-electron chi connectivity index (χ4n) is 3.78. The molecule has 0 bridgehead atoms. The highest BCUT2D eigenvalue weighted by molar-refractivity contribution is 5.81. The Morgan fingerprint density at radius 3 is 2.33 bits per heavy atom. The van der Waals surface area contributed by atoms with Gasteiger partial charge in [0.25, 0.3) is 0 Å². The Hall–Kier alpha value is -2.75. The molecule has 0 saturated carbocycles. The molecule has 0 aliphatic heterocycles. The summed E-state index contributed by atoms with van der Waals surface area (Å²) in [7, 11) is 0. The number of fused-ring (bicyclic) bond motifs is 3. The summed E-state index contributed by atoms with van der Waals surface area (Å²) in [6, 6.07) is 16.1. The van der Waals surface area contributed by atoms with Crippen LogP contribution in [0.15, 0.2) is 54.6 Å². The Labute approximate surface area is 156 Å². The summed E-state index contributed by atoms with van der Waals surface area (Å²) in [6.07, 6.45) is 2.67. The molecule has 0 spiro atoms. The number of alkyl halides is 2. The van der Waals surface area contributed by atoms with Gasteiger partial charge in [-0.2, -0.15) is 8.78 Å². The minimum atomic E-state index is -2.87. The monoisotopic (exact) mass is 368 g/mol. The second kappa shape index (κ2) is 7.10. The highest BCUT2D eigenvalue weighted by Crippen LogP contribution is 2.41. The molecule has 1 aliphatic rings. The normalized spacial score (nSPS) is 12.2. The van der Waals surface area contributed by atoms with Crippen molar-refractivity contribution in [3.05, 3.63) is 77.1 Å². The minimum absolute atomic E-state index is 0.0613. The standard InChI is InChI=1S/C23H19F3O/c1-2-3-14-4-9-18-16(12-14)13-21-20(18)11-10-19(22(21)24)15-5-7-17(8-6-15)27-23(25)26/h4-12,23H,2-3,13H2,1H3. The third-order valence-electron chi connectivity index (χ3n) is 5.00. The van der Waals surface area contributed by atoms with Gasteiger partial charge in [0.1, 0.15) is 11.6 Å². The van der Waals surface area contributed by atoms with E-state index in [9.17, 15) is 8.78 Å². The van der Waals surface area contributed by atoms with Gasteiger partial charge in [0, 0.05) is 17.5 Å². The van der Waals surface area contributed by atoms with Crippen LogP contribution in [0, 0.1) is 5.82 Å². The van der Waals surface area contributed by atoms with Gasteiger partial charge in [0.15, 0.2) is 0 Å². The third kappa shape index (κ3) is 3.32. The maximum Gasteiger partial charge on any atom is 0.387 e. The van der Waals surface area contributed by atoms with Crippen LogP contribution in [0.4, 0.5) is 13.2 Å². The zero-order valence-electron chi connectivity index (χ0n) is 14.9. The van der Waals surface area contributed by atoms with Crippen molar-refractivity contribution >= 4 is 0 Å². The van der Waals surface area contributed by atoms with E-state index in [-0.39, 0.29) is 11.6 Å². The van der Waals surface area contributed by atoms with E-state index in [0.29, 0.717) is 23.1 Å². The third-order valence-corrected chi connectivity index (χ3v) is 5.00. The van der Waals surface area contributed by atoms with E-state index in [2.05, 4.69) is 29.9 Å². The van der Waals surface area contributed by atoms with E-state index < -0.39 is 6.61 Å². The summed E-state index contributed by atoms with van der Waals surface area (Å²) in [6.45, 7) is -0.727. The lowest BCUT2D eigenvalue weighted by molar-refractivity contribution is -0.0498. The lowest BCUT2D eigenvalue weighted by atomic mass is 9.98. The maximum absolute atomic E-state index is 15.2. The second-order valence-corrected chi connectivity index (χ2v) is 6.77. The number of benzene rings is 3. The lowest BCUT2D eigenvalue weighted by Gasteiger charge is -2.10. The van der Waals surface area contributed by atoms with Gasteiger partial charge in [-0.25, -0.2) is 4.39 Å². The molecule has 27 heavy (non-hydrogen) atoms. The first-order valence-corrected chi connectivity index (χ1v) is 9.05. The van der Waals surface area contributed by atoms with Crippen LogP contribution >= 0.6 is 0 Å². The predicted octanol–water partition coefficient (Wildman–Crippen LogP) is 6.62. The summed E-state index contributed by atoms with van der Waals surface area (Å²) in [4.78, 5) is 0. The molecule has 0 unspecified atom stereocenters. The average molecular weight is 368 g/mol. The van der Waals surface area contributed by atoms with Crippen molar-refractivity contribution in [1.82, 2.24) is 0 Å². The summed E-state index contributed by atoms with van der Waals surface area (Å²) >= 11 is 0. The highest BCUT2D eigenvalue weighted by atomic mass is 19.3. The number of rotatable bonds is 5. The van der Waals surface area contributed by atoms with Crippen LogP contribution in [0.5, 0.6) is 5.75 Å². The zero-order valence-corrected chi connectivity index (χ0v) is 14.9. The van der Waals surface area contributed by atoms with Crippen molar-refractivity contribution < 1.29 is 17.9 Å². The first-order valence-electron chi connectivity index (χ1n) is 9.05. The van der Waals surface area contributed by atoms with Gasteiger partial charge in [-0.1, -0.05) is 55.8 Å². The van der Waals surface area contributed by atoms with E-state index in [4.69, 9.17) is 0 Å². The van der Waals surface area contributed by atoms with Gasteiger partial charge in [-0.05, 0) is 46.4 Å². The van der Waals surface area contributed by atoms with Gasteiger partial charge < -0.3 is 4.74 Å². The van der Waals surface area contributed by atoms with Crippen molar-refractivity contribution in [2.24, 2.45) is 0 Å². The van der Waals surface area contributed by atoms with E-state index in [0.717, 1.165) is 29.5 Å². The van der Waals surface area contributed by atoms with Crippen LogP contribution in [0.2, 0.25) is 0 Å². The van der Waals surface area contributed by atoms with Crippen molar-refractivity contribution in [3.63, 3.8) is 0 Å². The summed E-state index contributed by atoms with van der Waals surface area (Å²) in [5.74, 6) is -0.186. The maximum atomic E-state index is 15.2. The molecule has 3 aromatic rings. The quantitative estimate of drug-likeness (QED) is 0.385. The molecule has 0 saturated heterocycles. The van der Waals surface area contributed by atoms with E-state index >= 15 is 4.39 Å². The first kappa shape index (κ1) is 17.7. The molecule has 4 rings (SSSR count). The van der Waals surface area contributed by atoms with Crippen LogP contribution in [-0.2, 0) is 12.8 Å². The van der Waals surface area contributed by atoms with Crippen LogP contribution in [-0.4, -0.2) is 6.61 Å². The second-order valence-electron chi connectivity index (χ2n) is 6.77. The van der Waals surface area contributed by atoms with Crippen LogP contribution < -0.4 is 4.74 Å². The van der Waals surface area contributed by atoms with E-state index in [1.807, 2.05) is 6.07 Å². The highest BCUT2D eigenvalue weighted by Gasteiger charge is 2.24. The smallest absolute Gasteiger partial charge is 0.387 e. The number of ether oxygens (including phenoxy) is 1. The van der Waals surface area contributed by atoms with Gasteiger partial charge >= 0.3 is 6.61 Å². The Bertz CT molecular complexity index is 978. The molecule has 0 amide bonds. The zero-order chi connectivity index (χ0) is 19.0. The fourth-order valence-corrected chi connectivity index (χ4v) is 3.78. The lowest BCUT2D eigenvalue weighted by Crippen LogP contribution is -2.01.